The van der Waals surface area contributed by atoms with Gasteiger partial charge in [0.15, 0.2) is 0 Å². The third-order valence-corrected chi connectivity index (χ3v) is 3.74. The van der Waals surface area contributed by atoms with Gasteiger partial charge < -0.3 is 9.40 Å². The molecule has 0 saturated carbocycles. The highest BCUT2D eigenvalue weighted by Gasteiger charge is 2.08. The van der Waals surface area contributed by atoms with Crippen LogP contribution in [0.25, 0.3) is 33.8 Å². The summed E-state index contributed by atoms with van der Waals surface area (Å²) < 4.78 is 5.70. The molecule has 0 unspecified atom stereocenters. The molecule has 0 saturated heterocycles. The maximum Gasteiger partial charge on any atom is 0.134 e. The smallest absolute Gasteiger partial charge is 0.134 e. The van der Waals surface area contributed by atoms with Crippen LogP contribution in [0.5, 0.6) is 0 Å². The van der Waals surface area contributed by atoms with Crippen LogP contribution in [0.1, 0.15) is 0 Å². The molecule has 4 rings (SSSR count). The zero-order valence-corrected chi connectivity index (χ0v) is 12.0. The number of H-pyrrole nitrogens is 1. The van der Waals surface area contributed by atoms with Gasteiger partial charge in [0.25, 0.3) is 0 Å². The quantitative estimate of drug-likeness (QED) is 0.521. The van der Waals surface area contributed by atoms with E-state index in [1.54, 1.807) is 6.26 Å². The third-order valence-electron chi connectivity index (χ3n) is 3.74. The number of hydrogen-bond acceptors (Lipinski definition) is 1. The highest BCUT2D eigenvalue weighted by molar-refractivity contribution is 5.71. The molecule has 0 radical (unpaired) electrons. The third kappa shape index (κ3) is 2.35. The molecule has 2 aromatic heterocycles. The van der Waals surface area contributed by atoms with E-state index in [1.165, 1.54) is 5.56 Å². The highest BCUT2D eigenvalue weighted by atomic mass is 16.3. The highest BCUT2D eigenvalue weighted by Crippen LogP contribution is 2.29. The van der Waals surface area contributed by atoms with Gasteiger partial charge in [0, 0.05) is 22.5 Å². The van der Waals surface area contributed by atoms with Crippen molar-refractivity contribution in [2.75, 3.05) is 0 Å². The number of hydrogen-bond donors (Lipinski definition) is 1. The lowest BCUT2D eigenvalue weighted by molar-refractivity contribution is 0.583. The summed E-state index contributed by atoms with van der Waals surface area (Å²) in [5, 5.41) is 0. The van der Waals surface area contributed by atoms with Crippen LogP contribution in [-0.2, 0) is 0 Å². The summed E-state index contributed by atoms with van der Waals surface area (Å²) in [7, 11) is 0. The Morgan fingerprint density at radius 3 is 1.86 bits per heavy atom. The molecular weight excluding hydrogens is 270 g/mol. The SMILES string of the molecule is c1ccc(-c2ccc(-c3coc(-c4ccccc4)c3)[nH]2)cc1. The Kier molecular flexibility index (Phi) is 3.13. The van der Waals surface area contributed by atoms with Crippen molar-refractivity contribution in [3.8, 4) is 33.8 Å². The van der Waals surface area contributed by atoms with Crippen molar-refractivity contribution in [3.05, 3.63) is 85.1 Å². The first kappa shape index (κ1) is 12.7. The van der Waals surface area contributed by atoms with Gasteiger partial charge >= 0.3 is 0 Å². The van der Waals surface area contributed by atoms with Crippen LogP contribution in [0.2, 0.25) is 0 Å². The Balaban J connectivity index is 1.66. The fraction of sp³-hybridized carbons (Fsp3) is 0. The molecule has 0 amide bonds. The lowest BCUT2D eigenvalue weighted by Gasteiger charge is -1.97. The topological polar surface area (TPSA) is 28.9 Å². The number of rotatable bonds is 3. The summed E-state index contributed by atoms with van der Waals surface area (Å²) in [6.45, 7) is 0. The van der Waals surface area contributed by atoms with E-state index in [2.05, 4.69) is 35.3 Å². The van der Waals surface area contributed by atoms with Gasteiger partial charge in [-0.3, -0.25) is 0 Å². The average Bonchev–Trinajstić information content (AvgIpc) is 3.26. The van der Waals surface area contributed by atoms with Crippen LogP contribution in [-0.4, -0.2) is 4.98 Å². The number of benzene rings is 2. The molecule has 0 aliphatic heterocycles. The summed E-state index contributed by atoms with van der Waals surface area (Å²) >= 11 is 0. The van der Waals surface area contributed by atoms with Gasteiger partial charge in [0.2, 0.25) is 0 Å². The van der Waals surface area contributed by atoms with Crippen molar-refractivity contribution < 1.29 is 4.42 Å². The van der Waals surface area contributed by atoms with Gasteiger partial charge in [-0.25, -0.2) is 0 Å². The monoisotopic (exact) mass is 285 g/mol. The first-order valence-corrected chi connectivity index (χ1v) is 7.29. The lowest BCUT2D eigenvalue weighted by Crippen LogP contribution is -1.77. The standard InChI is InChI=1S/C20H15NO/c1-3-7-15(8-4-1)18-11-12-19(21-18)17-13-20(22-14-17)16-9-5-2-6-10-16/h1-14,21H. The van der Waals surface area contributed by atoms with E-state index in [0.717, 1.165) is 28.3 Å². The minimum absolute atomic E-state index is 0.881. The molecule has 22 heavy (non-hydrogen) atoms. The Labute approximate surface area is 129 Å². The van der Waals surface area contributed by atoms with Gasteiger partial charge in [-0.1, -0.05) is 60.7 Å². The molecule has 2 heteroatoms. The van der Waals surface area contributed by atoms with Gasteiger partial charge in [0.1, 0.15) is 12.0 Å². The Hall–Kier alpha value is -3.00. The number of aromatic nitrogens is 1. The molecule has 2 aromatic carbocycles. The van der Waals surface area contributed by atoms with Crippen LogP contribution in [0.3, 0.4) is 0 Å². The van der Waals surface area contributed by atoms with Gasteiger partial charge in [-0.15, -0.1) is 0 Å². The van der Waals surface area contributed by atoms with E-state index in [0.29, 0.717) is 0 Å². The summed E-state index contributed by atoms with van der Waals surface area (Å²) in [6, 6.07) is 26.7. The van der Waals surface area contributed by atoms with Crippen LogP contribution in [0.15, 0.2) is 89.5 Å². The molecule has 0 fully saturated rings. The molecule has 4 aromatic rings. The van der Waals surface area contributed by atoms with Gasteiger partial charge in [-0.2, -0.15) is 0 Å². The molecule has 0 aliphatic carbocycles. The van der Waals surface area contributed by atoms with Crippen LogP contribution in [0.4, 0.5) is 0 Å². The molecule has 2 nitrogen and oxygen atoms in total. The first-order chi connectivity index (χ1) is 10.9. The second-order valence-electron chi connectivity index (χ2n) is 5.22. The fourth-order valence-corrected chi connectivity index (χ4v) is 2.58. The second-order valence-corrected chi connectivity index (χ2v) is 5.22. The Bertz CT molecular complexity index is 796. The lowest BCUT2D eigenvalue weighted by atomic mass is 10.1. The van der Waals surface area contributed by atoms with E-state index < -0.39 is 0 Å². The molecule has 0 aliphatic rings. The molecule has 0 spiro atoms. The van der Waals surface area contributed by atoms with Crippen molar-refractivity contribution >= 4 is 0 Å². The number of aromatic amines is 1. The number of furan rings is 1. The largest absolute Gasteiger partial charge is 0.464 e. The van der Waals surface area contributed by atoms with Crippen LogP contribution >= 0.6 is 0 Å². The maximum absolute atomic E-state index is 5.70. The van der Waals surface area contributed by atoms with E-state index in [1.807, 2.05) is 48.5 Å². The van der Waals surface area contributed by atoms with Gasteiger partial charge in [-0.05, 0) is 23.8 Å². The minimum Gasteiger partial charge on any atom is -0.464 e. The molecule has 1 N–H and O–H groups in total. The summed E-state index contributed by atoms with van der Waals surface area (Å²) in [5.41, 5.74) is 5.49. The average molecular weight is 285 g/mol. The second kappa shape index (κ2) is 5.41. The Morgan fingerprint density at radius 2 is 1.18 bits per heavy atom. The molecular formula is C20H15NO. The van der Waals surface area contributed by atoms with Crippen LogP contribution in [0, 0.1) is 0 Å². The van der Waals surface area contributed by atoms with E-state index in [4.69, 9.17) is 4.42 Å². The zero-order chi connectivity index (χ0) is 14.8. The minimum atomic E-state index is 0.881. The van der Waals surface area contributed by atoms with Gasteiger partial charge in [0.05, 0.1) is 0 Å². The normalized spacial score (nSPS) is 10.7. The summed E-state index contributed by atoms with van der Waals surface area (Å²) in [4.78, 5) is 3.45. The Morgan fingerprint density at radius 1 is 0.591 bits per heavy atom. The summed E-state index contributed by atoms with van der Waals surface area (Å²) in [5.74, 6) is 0.881. The maximum atomic E-state index is 5.70. The van der Waals surface area contributed by atoms with Crippen molar-refractivity contribution in [1.82, 2.24) is 4.98 Å². The number of nitrogens with one attached hydrogen (secondary N) is 1. The predicted octanol–water partition coefficient (Wildman–Crippen LogP) is 5.61. The fourth-order valence-electron chi connectivity index (χ4n) is 2.58. The van der Waals surface area contributed by atoms with Crippen molar-refractivity contribution in [1.29, 1.82) is 0 Å². The summed E-state index contributed by atoms with van der Waals surface area (Å²) in [6.07, 6.45) is 1.79. The molecule has 0 bridgehead atoms. The predicted molar refractivity (Wildman–Crippen MR) is 89.4 cm³/mol. The van der Waals surface area contributed by atoms with E-state index >= 15 is 0 Å². The molecule has 0 atom stereocenters. The van der Waals surface area contributed by atoms with E-state index in [-0.39, 0.29) is 0 Å². The molecule has 106 valence electrons. The molecule has 2 heterocycles. The van der Waals surface area contributed by atoms with Crippen molar-refractivity contribution in [2.45, 2.75) is 0 Å². The van der Waals surface area contributed by atoms with Crippen molar-refractivity contribution in [2.24, 2.45) is 0 Å². The van der Waals surface area contributed by atoms with Crippen molar-refractivity contribution in [3.63, 3.8) is 0 Å². The zero-order valence-electron chi connectivity index (χ0n) is 12.0. The first-order valence-electron chi connectivity index (χ1n) is 7.29. The van der Waals surface area contributed by atoms with Crippen LogP contribution < -0.4 is 0 Å². The van der Waals surface area contributed by atoms with E-state index in [9.17, 15) is 0 Å².